The van der Waals surface area contributed by atoms with Gasteiger partial charge in [0, 0.05) is 0 Å². The van der Waals surface area contributed by atoms with Crippen LogP contribution in [0.2, 0.25) is 0 Å². The van der Waals surface area contributed by atoms with Crippen molar-refractivity contribution in [3.63, 3.8) is 0 Å². The van der Waals surface area contributed by atoms with Crippen LogP contribution in [0.3, 0.4) is 0 Å². The molecule has 0 aromatic carbocycles. The Kier molecular flexibility index (Phi) is 24.0. The van der Waals surface area contributed by atoms with Crippen LogP contribution in [0.1, 0.15) is 130 Å². The molecule has 0 bridgehead atoms. The first kappa shape index (κ1) is 29.7. The zero-order valence-electron chi connectivity index (χ0n) is 20.3. The van der Waals surface area contributed by atoms with Crippen LogP contribution in [-0.2, 0) is 33.3 Å². The van der Waals surface area contributed by atoms with Crippen molar-refractivity contribution in [3.05, 3.63) is 0 Å². The number of hydrogen-bond acceptors (Lipinski definition) is 4. The third-order valence-electron chi connectivity index (χ3n) is 5.11. The Bertz CT molecular complexity index is 254. The first-order valence-electron chi connectivity index (χ1n) is 12.8. The Morgan fingerprint density at radius 1 is 0.345 bits per heavy atom. The molecule has 0 aliphatic heterocycles. The Hall–Kier alpha value is 0.723. The molecule has 0 rings (SSSR count). The van der Waals surface area contributed by atoms with E-state index >= 15 is 0 Å². The van der Waals surface area contributed by atoms with Crippen molar-refractivity contribution in [2.24, 2.45) is 0 Å². The molecule has 5 heteroatoms. The molecule has 29 heavy (non-hydrogen) atoms. The van der Waals surface area contributed by atoms with Crippen LogP contribution in [0.4, 0.5) is 0 Å². The molecule has 0 aromatic heterocycles. The Balaban J connectivity index is 4.69. The summed E-state index contributed by atoms with van der Waals surface area (Å²) in [6.07, 6.45) is 19.1. The van der Waals surface area contributed by atoms with Crippen LogP contribution >= 0.6 is 0 Å². The zero-order valence-corrected chi connectivity index (χ0v) is 22.7. The van der Waals surface area contributed by atoms with Gasteiger partial charge in [-0.2, -0.15) is 0 Å². The van der Waals surface area contributed by atoms with E-state index in [0.29, 0.717) is 0 Å². The van der Waals surface area contributed by atoms with Gasteiger partial charge in [-0.1, -0.05) is 0 Å². The van der Waals surface area contributed by atoms with Gasteiger partial charge in [0.1, 0.15) is 0 Å². The van der Waals surface area contributed by atoms with Gasteiger partial charge in [0.05, 0.1) is 0 Å². The molecule has 0 heterocycles. The van der Waals surface area contributed by atoms with Gasteiger partial charge in [0.15, 0.2) is 0 Å². The minimum atomic E-state index is -3.92. The Morgan fingerprint density at radius 3 is 0.793 bits per heavy atom. The summed E-state index contributed by atoms with van der Waals surface area (Å²) in [7, 11) is 0. The second kappa shape index (κ2) is 23.4. The van der Waals surface area contributed by atoms with E-state index in [1.54, 1.807) is 0 Å². The van der Waals surface area contributed by atoms with Crippen molar-refractivity contribution in [3.8, 4) is 0 Å². The number of hydrogen-bond donors (Lipinski definition) is 0. The van der Waals surface area contributed by atoms with E-state index in [-0.39, 0.29) is 0 Å². The molecule has 0 fully saturated rings. The van der Waals surface area contributed by atoms with E-state index in [4.69, 9.17) is 11.3 Å². The van der Waals surface area contributed by atoms with E-state index < -0.39 is 22.0 Å². The summed E-state index contributed by atoms with van der Waals surface area (Å²) < 4.78 is 25.4. The molecule has 0 amide bonds. The summed E-state index contributed by atoms with van der Waals surface area (Å²) in [6.45, 7) is 11.8. The molecule has 4 nitrogen and oxygen atoms in total. The second-order valence-corrected chi connectivity index (χ2v) is 13.4. The van der Waals surface area contributed by atoms with Gasteiger partial charge in [0.25, 0.3) is 0 Å². The average Bonchev–Trinajstić information content (AvgIpc) is 2.73. The maximum absolute atomic E-state index is 6.34. The van der Waals surface area contributed by atoms with Gasteiger partial charge < -0.3 is 0 Å². The van der Waals surface area contributed by atoms with Crippen LogP contribution in [0, 0.1) is 0 Å². The van der Waals surface area contributed by atoms with Crippen molar-refractivity contribution in [2.45, 2.75) is 130 Å². The molecule has 0 aliphatic carbocycles. The molecule has 0 spiro atoms. The molecular formula is C24H52O4Zr. The van der Waals surface area contributed by atoms with E-state index in [1.807, 2.05) is 0 Å². The van der Waals surface area contributed by atoms with Crippen molar-refractivity contribution >= 4 is 0 Å². The van der Waals surface area contributed by atoms with E-state index in [0.717, 1.165) is 52.1 Å². The predicted octanol–water partition coefficient (Wildman–Crippen LogP) is 8.19. The van der Waals surface area contributed by atoms with Crippen LogP contribution in [-0.4, -0.2) is 26.4 Å². The van der Waals surface area contributed by atoms with E-state index in [2.05, 4.69) is 27.7 Å². The van der Waals surface area contributed by atoms with Crippen LogP contribution in [0.5, 0.6) is 0 Å². The fourth-order valence-corrected chi connectivity index (χ4v) is 8.26. The molecule has 0 aromatic rings. The quantitative estimate of drug-likeness (QED) is 0.126. The Labute approximate surface area is 189 Å². The molecule has 0 saturated carbocycles. The molecule has 0 radical (unpaired) electrons. The minimum absolute atomic E-state index is 0.717. The molecule has 176 valence electrons. The maximum atomic E-state index is 6.34. The van der Waals surface area contributed by atoms with Crippen molar-refractivity contribution in [1.82, 2.24) is 0 Å². The van der Waals surface area contributed by atoms with Crippen LogP contribution in [0.25, 0.3) is 0 Å². The predicted molar refractivity (Wildman–Crippen MR) is 120 cm³/mol. The van der Waals surface area contributed by atoms with Gasteiger partial charge in [-0.05, 0) is 0 Å². The molecule has 0 N–H and O–H groups in total. The summed E-state index contributed by atoms with van der Waals surface area (Å²) in [5.41, 5.74) is 0. The monoisotopic (exact) mass is 494 g/mol. The first-order valence-corrected chi connectivity index (χ1v) is 16.8. The summed E-state index contributed by atoms with van der Waals surface area (Å²) in [5, 5.41) is 0. The van der Waals surface area contributed by atoms with Gasteiger partial charge in [0.2, 0.25) is 0 Å². The number of rotatable bonds is 24. The third kappa shape index (κ3) is 19.2. The first-order chi connectivity index (χ1) is 14.2. The summed E-state index contributed by atoms with van der Waals surface area (Å²) in [6, 6.07) is 0. The second-order valence-electron chi connectivity index (χ2n) is 8.14. The zero-order chi connectivity index (χ0) is 21.5. The van der Waals surface area contributed by atoms with Gasteiger partial charge >= 0.3 is 190 Å². The van der Waals surface area contributed by atoms with Crippen molar-refractivity contribution < 1.29 is 33.3 Å². The van der Waals surface area contributed by atoms with E-state index in [9.17, 15) is 0 Å². The molecule has 0 atom stereocenters. The standard InChI is InChI=1S/4C6H13O.Zr/c4*1-2-3-4-5-6-7;/h4*2-6H2,1H3;/q4*-1;+4. The van der Waals surface area contributed by atoms with Crippen molar-refractivity contribution in [1.29, 1.82) is 0 Å². The summed E-state index contributed by atoms with van der Waals surface area (Å²) >= 11 is -3.92. The molecule has 0 aliphatic rings. The van der Waals surface area contributed by atoms with Crippen LogP contribution in [0.15, 0.2) is 0 Å². The normalized spacial score (nSPS) is 12.0. The van der Waals surface area contributed by atoms with Crippen molar-refractivity contribution in [2.75, 3.05) is 26.4 Å². The van der Waals surface area contributed by atoms with Crippen LogP contribution < -0.4 is 0 Å². The SMILES string of the molecule is CCCCCC[O][Zr]([O]CCCCCC)([O]CCCCCC)[O]CCCCCC. The molecule has 0 unspecified atom stereocenters. The van der Waals surface area contributed by atoms with Gasteiger partial charge in [-0.3, -0.25) is 0 Å². The fraction of sp³-hybridized carbons (Fsp3) is 1.00. The molecule has 0 saturated heterocycles. The van der Waals surface area contributed by atoms with E-state index in [1.165, 1.54) is 77.0 Å². The van der Waals surface area contributed by atoms with Gasteiger partial charge in [-0.15, -0.1) is 0 Å². The molecular weight excluding hydrogens is 443 g/mol. The third-order valence-corrected chi connectivity index (χ3v) is 10.6. The average molecular weight is 496 g/mol. The topological polar surface area (TPSA) is 36.9 Å². The summed E-state index contributed by atoms with van der Waals surface area (Å²) in [5.74, 6) is 0. The summed E-state index contributed by atoms with van der Waals surface area (Å²) in [4.78, 5) is 0. The van der Waals surface area contributed by atoms with Gasteiger partial charge in [-0.25, -0.2) is 0 Å². The number of unbranched alkanes of at least 4 members (excludes halogenated alkanes) is 12. The Morgan fingerprint density at radius 2 is 0.586 bits per heavy atom. The fourth-order valence-electron chi connectivity index (χ4n) is 3.15.